The predicted octanol–water partition coefficient (Wildman–Crippen LogP) is 8.96. The van der Waals surface area contributed by atoms with E-state index < -0.39 is 0 Å². The number of hydrogen-bond acceptors (Lipinski definition) is 1. The lowest BCUT2D eigenvalue weighted by molar-refractivity contribution is -0.0399. The lowest BCUT2D eigenvalue weighted by atomic mass is 9.43. The molecule has 4 bridgehead atoms. The van der Waals surface area contributed by atoms with E-state index >= 15 is 0 Å². The van der Waals surface area contributed by atoms with Crippen LogP contribution in [0.4, 0.5) is 11.4 Å². The van der Waals surface area contributed by atoms with E-state index in [1.54, 1.807) is 11.1 Å². The largest absolute Gasteiger partial charge is 0.355 e. The molecule has 4 aromatic carbocycles. The van der Waals surface area contributed by atoms with Gasteiger partial charge in [0.15, 0.2) is 0 Å². The summed E-state index contributed by atoms with van der Waals surface area (Å²) in [7, 11) is 0. The van der Waals surface area contributed by atoms with Crippen molar-refractivity contribution in [1.29, 1.82) is 0 Å². The van der Waals surface area contributed by atoms with E-state index in [0.717, 1.165) is 39.8 Å². The Labute approximate surface area is 206 Å². The van der Waals surface area contributed by atoms with Crippen molar-refractivity contribution < 1.29 is 0 Å². The Bertz CT molecular complexity index is 1440. The minimum Gasteiger partial charge on any atom is -0.355 e. The summed E-state index contributed by atoms with van der Waals surface area (Å²) in [5.74, 6) is 3.52. The summed E-state index contributed by atoms with van der Waals surface area (Å²) in [4.78, 5) is 0. The van der Waals surface area contributed by atoms with Gasteiger partial charge in [-0.3, -0.25) is 0 Å². The number of hydrogen-bond donors (Lipinski definition) is 1. The van der Waals surface area contributed by atoms with Crippen molar-refractivity contribution in [2.75, 3.05) is 5.32 Å². The van der Waals surface area contributed by atoms with Gasteiger partial charge in [0.1, 0.15) is 0 Å². The monoisotopic (exact) mass is 461 g/mol. The van der Waals surface area contributed by atoms with Crippen LogP contribution in [-0.4, -0.2) is 0 Å². The average molecular weight is 462 g/mol. The molecule has 4 aromatic rings. The van der Waals surface area contributed by atoms with Gasteiger partial charge < -0.3 is 5.32 Å². The second kappa shape index (κ2) is 6.89. The number of anilines is 2. The average Bonchev–Trinajstić information content (AvgIpc) is 3.13. The fourth-order valence-electron chi connectivity index (χ4n) is 8.71. The maximum Gasteiger partial charge on any atom is 0.0485 e. The third-order valence-corrected chi connectivity index (χ3v) is 10.0. The molecule has 9 rings (SSSR count). The SMILES string of the molecule is Clc1cccc2ccc(Nc3ccc4c(c3)C3(c5ccccc5-4)C4CC5CC(C4)CC3C5)cc12. The molecular formula is C32H28ClN. The molecule has 1 nitrogen and oxygen atoms in total. The molecule has 0 radical (unpaired) electrons. The highest BCUT2D eigenvalue weighted by Crippen LogP contribution is 2.69. The van der Waals surface area contributed by atoms with E-state index in [-0.39, 0.29) is 5.41 Å². The Kier molecular flexibility index (Phi) is 3.96. The summed E-state index contributed by atoms with van der Waals surface area (Å²) in [5, 5.41) is 6.80. The summed E-state index contributed by atoms with van der Waals surface area (Å²) >= 11 is 6.50. The minimum atomic E-state index is 0.212. The highest BCUT2D eigenvalue weighted by molar-refractivity contribution is 6.35. The van der Waals surface area contributed by atoms with Gasteiger partial charge in [0.2, 0.25) is 0 Å². The molecule has 0 aliphatic heterocycles. The van der Waals surface area contributed by atoms with Gasteiger partial charge in [-0.1, -0.05) is 60.1 Å². The van der Waals surface area contributed by atoms with Crippen molar-refractivity contribution >= 4 is 33.7 Å². The summed E-state index contributed by atoms with van der Waals surface area (Å²) in [5.41, 5.74) is 8.65. The van der Waals surface area contributed by atoms with Crippen molar-refractivity contribution in [3.63, 3.8) is 0 Å². The summed E-state index contributed by atoms with van der Waals surface area (Å²) < 4.78 is 0. The van der Waals surface area contributed by atoms with Gasteiger partial charge in [0.25, 0.3) is 0 Å². The first-order valence-electron chi connectivity index (χ1n) is 12.9. The van der Waals surface area contributed by atoms with Crippen molar-refractivity contribution in [3.8, 4) is 11.1 Å². The molecule has 5 aliphatic carbocycles. The van der Waals surface area contributed by atoms with Crippen molar-refractivity contribution in [1.82, 2.24) is 0 Å². The standard InChI is InChI=1S/C32H28ClN/c33-31-7-3-4-21-8-9-24(17-28(21)31)34-25-10-11-27-26-5-1-2-6-29(26)32(30(27)18-25)22-13-19-12-20(15-22)16-23(32)14-19/h1-11,17-20,22-23,34H,12-16H2. The Morgan fingerprint density at radius 3 is 2.18 bits per heavy atom. The molecule has 5 aliphatic rings. The zero-order valence-corrected chi connectivity index (χ0v) is 20.0. The van der Waals surface area contributed by atoms with Gasteiger partial charge in [0, 0.05) is 27.2 Å². The summed E-state index contributed by atoms with van der Waals surface area (Å²) in [6, 6.07) is 29.1. The van der Waals surface area contributed by atoms with Crippen LogP contribution in [-0.2, 0) is 5.41 Å². The van der Waals surface area contributed by atoms with Crippen LogP contribution in [0.2, 0.25) is 5.02 Å². The van der Waals surface area contributed by atoms with Crippen LogP contribution in [0.3, 0.4) is 0 Å². The second-order valence-corrected chi connectivity index (χ2v) is 11.7. The molecule has 0 heterocycles. The number of halogens is 1. The first kappa shape index (κ1) is 19.5. The van der Waals surface area contributed by atoms with Gasteiger partial charge >= 0.3 is 0 Å². The third-order valence-electron chi connectivity index (χ3n) is 9.67. The smallest absolute Gasteiger partial charge is 0.0485 e. The van der Waals surface area contributed by atoms with E-state index in [0.29, 0.717) is 0 Å². The minimum absolute atomic E-state index is 0.212. The second-order valence-electron chi connectivity index (χ2n) is 11.3. The zero-order valence-electron chi connectivity index (χ0n) is 19.2. The van der Waals surface area contributed by atoms with Crippen LogP contribution in [0.15, 0.2) is 78.9 Å². The van der Waals surface area contributed by atoms with E-state index in [4.69, 9.17) is 11.6 Å². The van der Waals surface area contributed by atoms with Crippen molar-refractivity contribution in [2.45, 2.75) is 37.5 Å². The quantitative estimate of drug-likeness (QED) is 0.314. The molecule has 1 spiro atoms. The summed E-state index contributed by atoms with van der Waals surface area (Å²) in [6.07, 6.45) is 7.16. The van der Waals surface area contributed by atoms with Crippen LogP contribution in [0, 0.1) is 23.7 Å². The molecule has 2 heteroatoms. The normalized spacial score (nSPS) is 30.0. The fourth-order valence-corrected chi connectivity index (χ4v) is 8.95. The fraction of sp³-hybridized carbons (Fsp3) is 0.312. The first-order chi connectivity index (χ1) is 16.7. The van der Waals surface area contributed by atoms with Gasteiger partial charge in [0.05, 0.1) is 0 Å². The molecule has 1 N–H and O–H groups in total. The number of benzene rings is 4. The van der Waals surface area contributed by atoms with E-state index in [9.17, 15) is 0 Å². The summed E-state index contributed by atoms with van der Waals surface area (Å²) in [6.45, 7) is 0. The van der Waals surface area contributed by atoms with Crippen LogP contribution < -0.4 is 5.32 Å². The van der Waals surface area contributed by atoms with Crippen LogP contribution in [0.1, 0.15) is 43.2 Å². The van der Waals surface area contributed by atoms with E-state index in [1.807, 2.05) is 12.1 Å². The van der Waals surface area contributed by atoms with Crippen LogP contribution in [0.25, 0.3) is 21.9 Å². The third kappa shape index (κ3) is 2.52. The van der Waals surface area contributed by atoms with Gasteiger partial charge in [-0.15, -0.1) is 0 Å². The molecular weight excluding hydrogens is 434 g/mol. The first-order valence-corrected chi connectivity index (χ1v) is 13.3. The lowest BCUT2D eigenvalue weighted by Gasteiger charge is -2.61. The Balaban J connectivity index is 1.26. The Morgan fingerprint density at radius 2 is 1.35 bits per heavy atom. The van der Waals surface area contributed by atoms with E-state index in [1.165, 1.54) is 54.3 Å². The zero-order chi connectivity index (χ0) is 22.4. The Hall–Kier alpha value is -2.77. The lowest BCUT2D eigenvalue weighted by Crippen LogP contribution is -2.55. The van der Waals surface area contributed by atoms with Crippen molar-refractivity contribution in [3.05, 3.63) is 95.0 Å². The molecule has 0 atom stereocenters. The molecule has 0 saturated heterocycles. The van der Waals surface area contributed by atoms with Gasteiger partial charge in [-0.2, -0.15) is 0 Å². The predicted molar refractivity (Wildman–Crippen MR) is 142 cm³/mol. The number of nitrogens with one attached hydrogen (secondary N) is 1. The van der Waals surface area contributed by atoms with E-state index in [2.05, 4.69) is 72.0 Å². The maximum atomic E-state index is 6.50. The van der Waals surface area contributed by atoms with Gasteiger partial charge in [-0.05, 0) is 114 Å². The van der Waals surface area contributed by atoms with Crippen LogP contribution in [0.5, 0.6) is 0 Å². The molecule has 0 amide bonds. The molecule has 0 unspecified atom stereocenters. The maximum absolute atomic E-state index is 6.50. The molecule has 34 heavy (non-hydrogen) atoms. The van der Waals surface area contributed by atoms with Gasteiger partial charge in [-0.25, -0.2) is 0 Å². The number of rotatable bonds is 2. The molecule has 0 aromatic heterocycles. The van der Waals surface area contributed by atoms with Crippen LogP contribution >= 0.6 is 11.6 Å². The molecule has 168 valence electrons. The Morgan fingerprint density at radius 1 is 0.647 bits per heavy atom. The number of fused-ring (bicyclic) bond motifs is 4. The topological polar surface area (TPSA) is 12.0 Å². The molecule has 4 fully saturated rings. The highest BCUT2D eigenvalue weighted by atomic mass is 35.5. The highest BCUT2D eigenvalue weighted by Gasteiger charge is 2.61. The molecule has 4 saturated carbocycles. The van der Waals surface area contributed by atoms with Crippen molar-refractivity contribution in [2.24, 2.45) is 23.7 Å².